The van der Waals surface area contributed by atoms with E-state index in [9.17, 15) is 4.79 Å². The second-order valence-electron chi connectivity index (χ2n) is 3.54. The first kappa shape index (κ1) is 11.0. The van der Waals surface area contributed by atoms with E-state index in [0.717, 1.165) is 25.9 Å². The van der Waals surface area contributed by atoms with Gasteiger partial charge in [-0.25, -0.2) is 5.48 Å². The lowest BCUT2D eigenvalue weighted by atomic mass is 9.97. The number of hydrogen-bond acceptors (Lipinski definition) is 3. The first-order valence-corrected chi connectivity index (χ1v) is 4.77. The molecule has 1 aliphatic rings. The molecule has 0 spiro atoms. The number of terminal acetylenes is 1. The molecular formula is C10H16N2O2. The Hall–Kier alpha value is -1.05. The topological polar surface area (TPSA) is 41.6 Å². The average molecular weight is 196 g/mol. The van der Waals surface area contributed by atoms with Gasteiger partial charge in [0, 0.05) is 5.92 Å². The standard InChI is InChI=1S/C10H16N2O2/c1-3-8-14-11-10(13)9-4-6-12(2)7-5-9/h1,9H,4-8H2,2H3,(H,11,13). The van der Waals surface area contributed by atoms with Crippen molar-refractivity contribution in [2.45, 2.75) is 12.8 Å². The Balaban J connectivity index is 2.21. The van der Waals surface area contributed by atoms with Gasteiger partial charge >= 0.3 is 0 Å². The molecule has 0 radical (unpaired) electrons. The summed E-state index contributed by atoms with van der Waals surface area (Å²) in [7, 11) is 2.06. The van der Waals surface area contributed by atoms with Crippen LogP contribution in [0.3, 0.4) is 0 Å². The van der Waals surface area contributed by atoms with E-state index in [4.69, 9.17) is 11.3 Å². The SMILES string of the molecule is C#CCONC(=O)C1CCN(C)CC1. The summed E-state index contributed by atoms with van der Waals surface area (Å²) in [4.78, 5) is 18.4. The summed E-state index contributed by atoms with van der Waals surface area (Å²) < 4.78 is 0. The third-order valence-electron chi connectivity index (χ3n) is 2.42. The number of piperidine rings is 1. The normalized spacial score (nSPS) is 18.9. The van der Waals surface area contributed by atoms with E-state index in [1.54, 1.807) is 0 Å². The van der Waals surface area contributed by atoms with Gasteiger partial charge in [0.25, 0.3) is 0 Å². The summed E-state index contributed by atoms with van der Waals surface area (Å²) >= 11 is 0. The Morgan fingerprint density at radius 1 is 1.64 bits per heavy atom. The average Bonchev–Trinajstić information content (AvgIpc) is 2.19. The van der Waals surface area contributed by atoms with Crippen LogP contribution in [0.25, 0.3) is 0 Å². The molecule has 0 saturated carbocycles. The molecule has 1 N–H and O–H groups in total. The van der Waals surface area contributed by atoms with Gasteiger partial charge in [0.15, 0.2) is 0 Å². The van der Waals surface area contributed by atoms with Crippen molar-refractivity contribution in [2.75, 3.05) is 26.7 Å². The van der Waals surface area contributed by atoms with E-state index in [1.807, 2.05) is 0 Å². The van der Waals surface area contributed by atoms with Crippen molar-refractivity contribution in [1.29, 1.82) is 0 Å². The van der Waals surface area contributed by atoms with Crippen LogP contribution in [0.15, 0.2) is 0 Å². The third-order valence-corrected chi connectivity index (χ3v) is 2.42. The first-order chi connectivity index (χ1) is 6.74. The molecule has 0 unspecified atom stereocenters. The smallest absolute Gasteiger partial charge is 0.246 e. The molecule has 14 heavy (non-hydrogen) atoms. The Kier molecular flexibility index (Phi) is 4.44. The zero-order chi connectivity index (χ0) is 10.4. The molecular weight excluding hydrogens is 180 g/mol. The van der Waals surface area contributed by atoms with E-state index >= 15 is 0 Å². The minimum Gasteiger partial charge on any atom is -0.306 e. The fourth-order valence-corrected chi connectivity index (χ4v) is 1.50. The maximum absolute atomic E-state index is 11.5. The predicted octanol–water partition coefficient (Wildman–Crippen LogP) is 0.00920. The minimum absolute atomic E-state index is 0.0478. The van der Waals surface area contributed by atoms with Crippen LogP contribution in [0.2, 0.25) is 0 Å². The largest absolute Gasteiger partial charge is 0.306 e. The van der Waals surface area contributed by atoms with E-state index in [-0.39, 0.29) is 18.4 Å². The number of carbonyl (C=O) groups excluding carboxylic acids is 1. The molecule has 0 aromatic heterocycles. The molecule has 1 heterocycles. The van der Waals surface area contributed by atoms with Gasteiger partial charge in [-0.1, -0.05) is 5.92 Å². The van der Waals surface area contributed by atoms with Crippen molar-refractivity contribution in [3.63, 3.8) is 0 Å². The van der Waals surface area contributed by atoms with Crippen LogP contribution >= 0.6 is 0 Å². The van der Waals surface area contributed by atoms with Gasteiger partial charge in [-0.2, -0.15) is 0 Å². The monoisotopic (exact) mass is 196 g/mol. The molecule has 1 amide bonds. The fraction of sp³-hybridized carbons (Fsp3) is 0.700. The van der Waals surface area contributed by atoms with E-state index in [0.29, 0.717) is 0 Å². The summed E-state index contributed by atoms with van der Waals surface area (Å²) in [5, 5.41) is 0. The van der Waals surface area contributed by atoms with Gasteiger partial charge in [-0.15, -0.1) is 6.42 Å². The van der Waals surface area contributed by atoms with Gasteiger partial charge in [0.05, 0.1) is 0 Å². The number of carbonyl (C=O) groups is 1. The summed E-state index contributed by atoms with van der Waals surface area (Å²) in [5.74, 6) is 2.31. The van der Waals surface area contributed by atoms with Crippen molar-refractivity contribution in [3.8, 4) is 12.3 Å². The predicted molar refractivity (Wildman–Crippen MR) is 53.1 cm³/mol. The lowest BCUT2D eigenvalue weighted by Gasteiger charge is -2.27. The number of rotatable bonds is 3. The Morgan fingerprint density at radius 2 is 2.29 bits per heavy atom. The summed E-state index contributed by atoms with van der Waals surface area (Å²) in [6, 6.07) is 0. The zero-order valence-corrected chi connectivity index (χ0v) is 8.45. The highest BCUT2D eigenvalue weighted by molar-refractivity contribution is 5.77. The van der Waals surface area contributed by atoms with E-state index in [2.05, 4.69) is 23.3 Å². The quantitative estimate of drug-likeness (QED) is 0.393. The van der Waals surface area contributed by atoms with Crippen molar-refractivity contribution >= 4 is 5.91 Å². The molecule has 0 aliphatic carbocycles. The van der Waals surface area contributed by atoms with Crippen molar-refractivity contribution < 1.29 is 9.63 Å². The number of hydrogen-bond donors (Lipinski definition) is 1. The van der Waals surface area contributed by atoms with E-state index in [1.165, 1.54) is 0 Å². The molecule has 4 nitrogen and oxygen atoms in total. The van der Waals surface area contributed by atoms with Crippen LogP contribution in [0.1, 0.15) is 12.8 Å². The molecule has 1 saturated heterocycles. The second kappa shape index (κ2) is 5.63. The summed E-state index contributed by atoms with van der Waals surface area (Å²) in [5.41, 5.74) is 2.37. The molecule has 1 fully saturated rings. The molecule has 1 aliphatic heterocycles. The summed E-state index contributed by atoms with van der Waals surface area (Å²) in [6.45, 7) is 2.05. The Labute approximate surface area is 84.6 Å². The first-order valence-electron chi connectivity index (χ1n) is 4.77. The molecule has 1 rings (SSSR count). The lowest BCUT2D eigenvalue weighted by molar-refractivity contribution is -0.138. The molecule has 0 atom stereocenters. The van der Waals surface area contributed by atoms with Crippen molar-refractivity contribution in [1.82, 2.24) is 10.4 Å². The Bertz CT molecular complexity index is 227. The van der Waals surface area contributed by atoms with Crippen molar-refractivity contribution in [3.05, 3.63) is 0 Å². The van der Waals surface area contributed by atoms with Crippen LogP contribution in [0.4, 0.5) is 0 Å². The molecule has 0 bridgehead atoms. The third kappa shape index (κ3) is 3.36. The molecule has 0 aromatic carbocycles. The maximum atomic E-state index is 11.5. The van der Waals surface area contributed by atoms with Gasteiger partial charge < -0.3 is 4.90 Å². The second-order valence-corrected chi connectivity index (χ2v) is 3.54. The van der Waals surface area contributed by atoms with Crippen LogP contribution in [-0.2, 0) is 9.63 Å². The number of nitrogens with one attached hydrogen (secondary N) is 1. The van der Waals surface area contributed by atoms with Crippen molar-refractivity contribution in [2.24, 2.45) is 5.92 Å². The van der Waals surface area contributed by atoms with Gasteiger partial charge in [-0.3, -0.25) is 9.63 Å². The minimum atomic E-state index is -0.0478. The molecule has 78 valence electrons. The van der Waals surface area contributed by atoms with Gasteiger partial charge in [0.2, 0.25) is 5.91 Å². The fourth-order valence-electron chi connectivity index (χ4n) is 1.50. The number of hydroxylamine groups is 1. The Morgan fingerprint density at radius 3 is 2.86 bits per heavy atom. The van der Waals surface area contributed by atoms with Gasteiger partial charge in [0.1, 0.15) is 6.61 Å². The maximum Gasteiger partial charge on any atom is 0.246 e. The number of likely N-dealkylation sites (tertiary alicyclic amines) is 1. The van der Waals surface area contributed by atoms with Crippen LogP contribution in [0.5, 0.6) is 0 Å². The van der Waals surface area contributed by atoms with E-state index < -0.39 is 0 Å². The highest BCUT2D eigenvalue weighted by Gasteiger charge is 2.23. The number of amides is 1. The highest BCUT2D eigenvalue weighted by Crippen LogP contribution is 2.15. The van der Waals surface area contributed by atoms with Crippen LogP contribution in [0, 0.1) is 18.3 Å². The van der Waals surface area contributed by atoms with Gasteiger partial charge in [-0.05, 0) is 33.0 Å². The molecule has 0 aromatic rings. The highest BCUT2D eigenvalue weighted by atomic mass is 16.6. The summed E-state index contributed by atoms with van der Waals surface area (Å²) in [6.07, 6.45) is 6.76. The number of nitrogens with zero attached hydrogens (tertiary/aromatic N) is 1. The zero-order valence-electron chi connectivity index (χ0n) is 8.45. The van der Waals surface area contributed by atoms with Crippen LogP contribution in [-0.4, -0.2) is 37.6 Å². The van der Waals surface area contributed by atoms with Crippen LogP contribution < -0.4 is 5.48 Å². The lowest BCUT2D eigenvalue weighted by Crippen LogP contribution is -2.39. The molecule has 4 heteroatoms.